The molecule has 0 spiro atoms. The molecular formula is C13H21NO3S. The summed E-state index contributed by atoms with van der Waals surface area (Å²) in [4.78, 5) is 12.3. The van der Waals surface area contributed by atoms with Gasteiger partial charge in [-0.2, -0.15) is 0 Å². The highest BCUT2D eigenvalue weighted by Crippen LogP contribution is 2.64. The normalized spacial score (nSPS) is 38.3. The molecule has 0 heterocycles. The van der Waals surface area contributed by atoms with Gasteiger partial charge in [0.15, 0.2) is 0 Å². The lowest BCUT2D eigenvalue weighted by Gasteiger charge is -2.36. The van der Waals surface area contributed by atoms with Crippen molar-refractivity contribution in [3.63, 3.8) is 0 Å². The van der Waals surface area contributed by atoms with E-state index in [0.29, 0.717) is 12.3 Å². The van der Waals surface area contributed by atoms with E-state index in [-0.39, 0.29) is 23.0 Å². The molecule has 0 aromatic heterocycles. The predicted octanol–water partition coefficient (Wildman–Crippen LogP) is 1.46. The molecule has 4 nitrogen and oxygen atoms in total. The zero-order valence-corrected chi connectivity index (χ0v) is 11.8. The average Bonchev–Trinajstić information content (AvgIpc) is 2.96. The maximum atomic E-state index is 12.3. The molecule has 0 unspecified atom stereocenters. The number of Topliss-reactive ketones (excluding diaryl/α,β-unsaturated/α-hetero) is 1. The van der Waals surface area contributed by atoms with Crippen molar-refractivity contribution < 1.29 is 13.2 Å². The largest absolute Gasteiger partial charge is 0.299 e. The highest BCUT2D eigenvalue weighted by Gasteiger charge is 2.65. The average molecular weight is 271 g/mol. The molecule has 3 aliphatic rings. The summed E-state index contributed by atoms with van der Waals surface area (Å²) in [5.74, 6) is 0.546. The number of rotatable bonds is 4. The fraction of sp³-hybridized carbons (Fsp3) is 0.923. The summed E-state index contributed by atoms with van der Waals surface area (Å²) in [6.07, 6.45) is 4.19. The van der Waals surface area contributed by atoms with Gasteiger partial charge in [-0.15, -0.1) is 0 Å². The fourth-order valence-electron chi connectivity index (χ4n) is 3.93. The van der Waals surface area contributed by atoms with Crippen LogP contribution in [0.1, 0.15) is 46.0 Å². The van der Waals surface area contributed by atoms with Crippen LogP contribution < -0.4 is 4.72 Å². The van der Waals surface area contributed by atoms with E-state index in [4.69, 9.17) is 0 Å². The summed E-state index contributed by atoms with van der Waals surface area (Å²) < 4.78 is 27.1. The molecule has 0 aromatic rings. The molecule has 0 radical (unpaired) electrons. The van der Waals surface area contributed by atoms with E-state index in [1.165, 1.54) is 0 Å². The predicted molar refractivity (Wildman–Crippen MR) is 68.5 cm³/mol. The monoisotopic (exact) mass is 271 g/mol. The lowest BCUT2D eigenvalue weighted by molar-refractivity contribution is -0.128. The third-order valence-corrected chi connectivity index (χ3v) is 7.06. The number of nitrogens with one attached hydrogen (secondary N) is 1. The molecule has 0 aromatic carbocycles. The van der Waals surface area contributed by atoms with Crippen molar-refractivity contribution in [3.05, 3.63) is 0 Å². The van der Waals surface area contributed by atoms with Crippen molar-refractivity contribution in [2.24, 2.45) is 16.7 Å². The van der Waals surface area contributed by atoms with Crippen LogP contribution in [-0.4, -0.2) is 26.0 Å². The van der Waals surface area contributed by atoms with Gasteiger partial charge in [-0.05, 0) is 37.0 Å². The van der Waals surface area contributed by atoms with Gasteiger partial charge in [0, 0.05) is 17.9 Å². The zero-order chi connectivity index (χ0) is 13.2. The molecule has 0 aliphatic heterocycles. The van der Waals surface area contributed by atoms with Crippen molar-refractivity contribution in [2.75, 3.05) is 5.75 Å². The van der Waals surface area contributed by atoms with E-state index in [1.54, 1.807) is 0 Å². The Kier molecular flexibility index (Phi) is 2.50. The molecule has 3 fully saturated rings. The van der Waals surface area contributed by atoms with Crippen LogP contribution in [0.2, 0.25) is 0 Å². The van der Waals surface area contributed by atoms with E-state index in [2.05, 4.69) is 18.6 Å². The third-order valence-electron chi connectivity index (χ3n) is 5.50. The SMILES string of the molecule is CC1(C)[C@@H]2CC[C@@]1(CS(=O)(=O)NC1CC1)C(=O)C2. The summed E-state index contributed by atoms with van der Waals surface area (Å²) in [5, 5.41) is 0. The summed E-state index contributed by atoms with van der Waals surface area (Å²) in [5.41, 5.74) is -0.791. The standard InChI is InChI=1S/C13H21NO3S/c1-12(2)9-5-6-13(12,11(15)7-9)8-18(16,17)14-10-3-4-10/h9-10,14H,3-8H2,1-2H3/t9-,13-/m1/s1. The smallest absolute Gasteiger partial charge is 0.212 e. The van der Waals surface area contributed by atoms with Crippen molar-refractivity contribution in [1.82, 2.24) is 4.72 Å². The van der Waals surface area contributed by atoms with E-state index >= 15 is 0 Å². The van der Waals surface area contributed by atoms with Gasteiger partial charge in [-0.3, -0.25) is 4.79 Å². The number of hydrogen-bond donors (Lipinski definition) is 1. The van der Waals surface area contributed by atoms with Gasteiger partial charge in [0.05, 0.1) is 5.75 Å². The minimum absolute atomic E-state index is 0.00116. The van der Waals surface area contributed by atoms with Gasteiger partial charge in [-0.1, -0.05) is 13.8 Å². The Balaban J connectivity index is 1.88. The van der Waals surface area contributed by atoms with Crippen LogP contribution in [0.4, 0.5) is 0 Å². The summed E-state index contributed by atoms with van der Waals surface area (Å²) in [6.45, 7) is 4.14. The molecule has 5 heteroatoms. The first-order chi connectivity index (χ1) is 8.27. The number of ketones is 1. The van der Waals surface area contributed by atoms with Crippen LogP contribution in [-0.2, 0) is 14.8 Å². The second-order valence-electron chi connectivity index (χ2n) is 6.82. The Morgan fingerprint density at radius 3 is 2.39 bits per heavy atom. The second-order valence-corrected chi connectivity index (χ2v) is 8.57. The van der Waals surface area contributed by atoms with Crippen LogP contribution in [0.25, 0.3) is 0 Å². The van der Waals surface area contributed by atoms with Gasteiger partial charge in [0.1, 0.15) is 5.78 Å². The first kappa shape index (κ1) is 12.6. The molecule has 1 N–H and O–H groups in total. The second kappa shape index (κ2) is 3.57. The number of carbonyl (C=O) groups is 1. The Hall–Kier alpha value is -0.420. The van der Waals surface area contributed by atoms with E-state index in [0.717, 1.165) is 25.7 Å². The minimum Gasteiger partial charge on any atom is -0.299 e. The Labute approximate surface area is 109 Å². The molecule has 18 heavy (non-hydrogen) atoms. The number of sulfonamides is 1. The van der Waals surface area contributed by atoms with Gasteiger partial charge in [-0.25, -0.2) is 13.1 Å². The van der Waals surface area contributed by atoms with E-state index in [1.807, 2.05) is 0 Å². The molecule has 0 amide bonds. The third kappa shape index (κ3) is 1.67. The highest BCUT2D eigenvalue weighted by atomic mass is 32.2. The van der Waals surface area contributed by atoms with E-state index < -0.39 is 15.4 Å². The van der Waals surface area contributed by atoms with Gasteiger partial charge >= 0.3 is 0 Å². The van der Waals surface area contributed by atoms with Gasteiger partial charge in [0.2, 0.25) is 10.0 Å². The first-order valence-electron chi connectivity index (χ1n) is 6.80. The molecule has 3 aliphatic carbocycles. The lowest BCUT2D eigenvalue weighted by Crippen LogP contribution is -2.45. The maximum Gasteiger partial charge on any atom is 0.212 e. The first-order valence-corrected chi connectivity index (χ1v) is 8.45. The van der Waals surface area contributed by atoms with Crippen LogP contribution in [0, 0.1) is 16.7 Å². The Morgan fingerprint density at radius 1 is 1.28 bits per heavy atom. The van der Waals surface area contributed by atoms with Crippen LogP contribution >= 0.6 is 0 Å². The maximum absolute atomic E-state index is 12.3. The van der Waals surface area contributed by atoms with Crippen molar-refractivity contribution in [1.29, 1.82) is 0 Å². The van der Waals surface area contributed by atoms with Crippen LogP contribution in [0.15, 0.2) is 0 Å². The molecule has 2 atom stereocenters. The molecule has 2 bridgehead atoms. The van der Waals surface area contributed by atoms with Crippen molar-refractivity contribution in [2.45, 2.75) is 52.0 Å². The van der Waals surface area contributed by atoms with E-state index in [9.17, 15) is 13.2 Å². The highest BCUT2D eigenvalue weighted by molar-refractivity contribution is 7.89. The topological polar surface area (TPSA) is 63.2 Å². The van der Waals surface area contributed by atoms with Crippen LogP contribution in [0.5, 0.6) is 0 Å². The van der Waals surface area contributed by atoms with Crippen molar-refractivity contribution >= 4 is 15.8 Å². The lowest BCUT2D eigenvalue weighted by atomic mass is 9.70. The minimum atomic E-state index is -3.32. The van der Waals surface area contributed by atoms with Crippen LogP contribution in [0.3, 0.4) is 0 Å². The summed E-state index contributed by atoms with van der Waals surface area (Å²) in [7, 11) is -3.32. The fourth-order valence-corrected chi connectivity index (χ4v) is 6.08. The molecule has 3 rings (SSSR count). The summed E-state index contributed by atoms with van der Waals surface area (Å²) >= 11 is 0. The quantitative estimate of drug-likeness (QED) is 0.842. The molecule has 0 saturated heterocycles. The molecule has 3 saturated carbocycles. The van der Waals surface area contributed by atoms with Crippen molar-refractivity contribution in [3.8, 4) is 0 Å². The number of fused-ring (bicyclic) bond motifs is 2. The van der Waals surface area contributed by atoms with Gasteiger partial charge in [0.25, 0.3) is 0 Å². The Morgan fingerprint density at radius 2 is 1.94 bits per heavy atom. The number of carbonyl (C=O) groups excluding carboxylic acids is 1. The molecular weight excluding hydrogens is 250 g/mol. The number of hydrogen-bond acceptors (Lipinski definition) is 3. The molecule has 102 valence electrons. The summed E-state index contributed by atoms with van der Waals surface area (Å²) in [6, 6.07) is 0.128. The zero-order valence-electron chi connectivity index (χ0n) is 11.0. The Bertz CT molecular complexity index is 492. The van der Waals surface area contributed by atoms with Gasteiger partial charge < -0.3 is 0 Å².